The fraction of sp³-hybridized carbons (Fsp3) is 0.357. The molecule has 0 aliphatic rings. The minimum Gasteiger partial charge on any atom is -0.490 e. The van der Waals surface area contributed by atoms with Gasteiger partial charge in [-0.05, 0) is 31.5 Å². The fourth-order valence-electron chi connectivity index (χ4n) is 1.66. The molecule has 2 N–H and O–H groups in total. The third-order valence-electron chi connectivity index (χ3n) is 2.87. The number of benzene rings is 1. The lowest BCUT2D eigenvalue weighted by atomic mass is 10.1. The smallest absolute Gasteiger partial charge is 0.129 e. The first kappa shape index (κ1) is 12.6. The number of ether oxygens (including phenoxy) is 1. The maximum absolute atomic E-state index is 9.05. The highest BCUT2D eigenvalue weighted by Gasteiger charge is 2.11. The van der Waals surface area contributed by atoms with Crippen molar-refractivity contribution >= 4 is 0 Å². The largest absolute Gasteiger partial charge is 0.490 e. The van der Waals surface area contributed by atoms with Crippen LogP contribution in [0.25, 0.3) is 11.3 Å². The fourth-order valence-corrected chi connectivity index (χ4v) is 1.66. The van der Waals surface area contributed by atoms with Crippen LogP contribution in [0.4, 0.5) is 0 Å². The number of aromatic amines is 1. The Hall–Kier alpha value is -1.81. The van der Waals surface area contributed by atoms with Gasteiger partial charge in [-0.2, -0.15) is 5.10 Å². The number of para-hydroxylation sites is 1. The third kappa shape index (κ3) is 2.71. The minimum atomic E-state index is -0.0403. The zero-order chi connectivity index (χ0) is 13.0. The van der Waals surface area contributed by atoms with Gasteiger partial charge in [-0.3, -0.25) is 5.10 Å². The van der Waals surface area contributed by atoms with Crippen LogP contribution in [0.2, 0.25) is 0 Å². The van der Waals surface area contributed by atoms with Crippen LogP contribution in [0.1, 0.15) is 26.0 Å². The van der Waals surface area contributed by atoms with Gasteiger partial charge in [0.1, 0.15) is 5.75 Å². The summed E-state index contributed by atoms with van der Waals surface area (Å²) in [6.45, 7) is 4.09. The molecule has 0 saturated carbocycles. The molecule has 4 nitrogen and oxygen atoms in total. The monoisotopic (exact) mass is 246 g/mol. The lowest BCUT2D eigenvalue weighted by Gasteiger charge is -2.15. The molecule has 1 aromatic heterocycles. The van der Waals surface area contributed by atoms with E-state index in [0.29, 0.717) is 5.69 Å². The molecule has 0 fully saturated rings. The Kier molecular flexibility index (Phi) is 3.99. The Morgan fingerprint density at radius 2 is 2.17 bits per heavy atom. The van der Waals surface area contributed by atoms with E-state index in [1.54, 1.807) is 0 Å². The number of rotatable bonds is 5. The van der Waals surface area contributed by atoms with E-state index in [1.807, 2.05) is 37.3 Å². The van der Waals surface area contributed by atoms with Crippen molar-refractivity contribution in [3.63, 3.8) is 0 Å². The average molecular weight is 246 g/mol. The predicted molar refractivity (Wildman–Crippen MR) is 70.3 cm³/mol. The van der Waals surface area contributed by atoms with E-state index in [1.165, 1.54) is 0 Å². The van der Waals surface area contributed by atoms with Gasteiger partial charge in [0.25, 0.3) is 0 Å². The summed E-state index contributed by atoms with van der Waals surface area (Å²) in [4.78, 5) is 0. The van der Waals surface area contributed by atoms with E-state index < -0.39 is 0 Å². The van der Waals surface area contributed by atoms with Gasteiger partial charge in [0.2, 0.25) is 0 Å². The number of aliphatic hydroxyl groups excluding tert-OH is 1. The first-order valence-corrected chi connectivity index (χ1v) is 6.15. The van der Waals surface area contributed by atoms with Gasteiger partial charge in [-0.25, -0.2) is 0 Å². The molecule has 4 heteroatoms. The highest BCUT2D eigenvalue weighted by Crippen LogP contribution is 2.29. The van der Waals surface area contributed by atoms with Crippen molar-refractivity contribution in [1.82, 2.24) is 10.2 Å². The summed E-state index contributed by atoms with van der Waals surface area (Å²) < 4.78 is 5.88. The van der Waals surface area contributed by atoms with Gasteiger partial charge < -0.3 is 9.84 Å². The van der Waals surface area contributed by atoms with Gasteiger partial charge in [0.15, 0.2) is 0 Å². The van der Waals surface area contributed by atoms with Crippen LogP contribution in [-0.2, 0) is 6.61 Å². The van der Waals surface area contributed by atoms with E-state index >= 15 is 0 Å². The first-order chi connectivity index (χ1) is 8.74. The molecule has 1 heterocycles. The van der Waals surface area contributed by atoms with Gasteiger partial charge in [-0.1, -0.05) is 19.1 Å². The second kappa shape index (κ2) is 5.69. The summed E-state index contributed by atoms with van der Waals surface area (Å²) in [7, 11) is 0. The number of hydrogen-bond acceptors (Lipinski definition) is 3. The summed E-state index contributed by atoms with van der Waals surface area (Å²) in [5.41, 5.74) is 2.43. The van der Waals surface area contributed by atoms with E-state index in [0.717, 1.165) is 23.4 Å². The van der Waals surface area contributed by atoms with Crippen molar-refractivity contribution in [3.05, 3.63) is 36.0 Å². The van der Waals surface area contributed by atoms with Crippen LogP contribution in [0.5, 0.6) is 5.75 Å². The van der Waals surface area contributed by atoms with Crippen molar-refractivity contribution < 1.29 is 9.84 Å². The summed E-state index contributed by atoms with van der Waals surface area (Å²) >= 11 is 0. The highest BCUT2D eigenvalue weighted by atomic mass is 16.5. The quantitative estimate of drug-likeness (QED) is 0.852. The molecule has 0 spiro atoms. The Morgan fingerprint density at radius 1 is 1.39 bits per heavy atom. The van der Waals surface area contributed by atoms with Crippen molar-refractivity contribution in [2.24, 2.45) is 0 Å². The topological polar surface area (TPSA) is 58.1 Å². The van der Waals surface area contributed by atoms with Crippen LogP contribution in [-0.4, -0.2) is 21.4 Å². The van der Waals surface area contributed by atoms with E-state index in [-0.39, 0.29) is 12.7 Å². The van der Waals surface area contributed by atoms with E-state index in [9.17, 15) is 0 Å². The highest BCUT2D eigenvalue weighted by molar-refractivity contribution is 5.67. The summed E-state index contributed by atoms with van der Waals surface area (Å²) in [5, 5.41) is 16.0. The number of hydrogen-bond donors (Lipinski definition) is 2. The van der Waals surface area contributed by atoms with Crippen LogP contribution in [0.3, 0.4) is 0 Å². The zero-order valence-electron chi connectivity index (χ0n) is 10.7. The number of nitrogens with zero attached hydrogens (tertiary/aromatic N) is 1. The maximum atomic E-state index is 9.05. The molecule has 2 aromatic rings. The first-order valence-electron chi connectivity index (χ1n) is 6.15. The number of aromatic nitrogens is 2. The molecule has 0 bridgehead atoms. The molecule has 0 aliphatic carbocycles. The van der Waals surface area contributed by atoms with E-state index in [4.69, 9.17) is 9.84 Å². The maximum Gasteiger partial charge on any atom is 0.129 e. The van der Waals surface area contributed by atoms with Crippen molar-refractivity contribution in [2.45, 2.75) is 33.0 Å². The molecule has 96 valence electrons. The van der Waals surface area contributed by atoms with Gasteiger partial charge in [0.05, 0.1) is 24.1 Å². The molecule has 0 amide bonds. The van der Waals surface area contributed by atoms with Crippen molar-refractivity contribution in [2.75, 3.05) is 0 Å². The standard InChI is InChI=1S/C14H18N2O2/c1-3-10(2)18-14-7-5-4-6-12(14)13-8-11(9-17)15-16-13/h4-8,10,17H,3,9H2,1-2H3,(H,15,16). The Morgan fingerprint density at radius 3 is 2.83 bits per heavy atom. The molecule has 0 saturated heterocycles. The molecular weight excluding hydrogens is 228 g/mol. The van der Waals surface area contributed by atoms with E-state index in [2.05, 4.69) is 17.1 Å². The molecule has 1 aromatic carbocycles. The Balaban J connectivity index is 2.32. The normalized spacial score (nSPS) is 12.4. The Labute approximate surface area is 107 Å². The Bertz CT molecular complexity index is 508. The number of nitrogens with one attached hydrogen (secondary N) is 1. The lowest BCUT2D eigenvalue weighted by Crippen LogP contribution is -2.10. The van der Waals surface area contributed by atoms with Gasteiger partial charge in [-0.15, -0.1) is 0 Å². The van der Waals surface area contributed by atoms with Crippen LogP contribution >= 0.6 is 0 Å². The number of aliphatic hydroxyl groups is 1. The molecule has 18 heavy (non-hydrogen) atoms. The average Bonchev–Trinajstić information content (AvgIpc) is 2.88. The summed E-state index contributed by atoms with van der Waals surface area (Å²) in [6.07, 6.45) is 1.12. The predicted octanol–water partition coefficient (Wildman–Crippen LogP) is 2.75. The van der Waals surface area contributed by atoms with Crippen LogP contribution in [0.15, 0.2) is 30.3 Å². The lowest BCUT2D eigenvalue weighted by molar-refractivity contribution is 0.218. The molecule has 1 atom stereocenters. The minimum absolute atomic E-state index is 0.0403. The van der Waals surface area contributed by atoms with Crippen molar-refractivity contribution in [3.8, 4) is 17.0 Å². The SMILES string of the molecule is CCC(C)Oc1ccccc1-c1cc(CO)[nH]n1. The molecule has 0 radical (unpaired) electrons. The van der Waals surface area contributed by atoms with Crippen molar-refractivity contribution in [1.29, 1.82) is 0 Å². The molecular formula is C14H18N2O2. The zero-order valence-corrected chi connectivity index (χ0v) is 10.7. The third-order valence-corrected chi connectivity index (χ3v) is 2.87. The molecule has 2 rings (SSSR count). The molecule has 1 unspecified atom stereocenters. The van der Waals surface area contributed by atoms with Gasteiger partial charge >= 0.3 is 0 Å². The molecule has 0 aliphatic heterocycles. The van der Waals surface area contributed by atoms with Crippen LogP contribution in [0, 0.1) is 0 Å². The van der Waals surface area contributed by atoms with Crippen LogP contribution < -0.4 is 4.74 Å². The summed E-state index contributed by atoms with van der Waals surface area (Å²) in [5.74, 6) is 0.822. The van der Waals surface area contributed by atoms with Gasteiger partial charge in [0, 0.05) is 5.56 Å². The summed E-state index contributed by atoms with van der Waals surface area (Å²) in [6, 6.07) is 9.63. The number of H-pyrrole nitrogens is 1. The second-order valence-electron chi connectivity index (χ2n) is 4.27. The second-order valence-corrected chi connectivity index (χ2v) is 4.27.